The van der Waals surface area contributed by atoms with E-state index >= 15 is 0 Å². The van der Waals surface area contributed by atoms with E-state index in [2.05, 4.69) is 19.6 Å². The Kier molecular flexibility index (Phi) is 7.68. The number of hydrogen-bond acceptors (Lipinski definition) is 8. The van der Waals surface area contributed by atoms with E-state index in [4.69, 9.17) is 9.47 Å². The molecule has 3 unspecified atom stereocenters. The lowest BCUT2D eigenvalue weighted by atomic mass is 9.99. The Hall–Kier alpha value is -5.16. The molecule has 4 aromatic carbocycles. The van der Waals surface area contributed by atoms with Gasteiger partial charge in [-0.15, -0.1) is 0 Å². The lowest BCUT2D eigenvalue weighted by Gasteiger charge is -2.36. The number of fused-ring (bicyclic) bond motifs is 2. The van der Waals surface area contributed by atoms with E-state index < -0.39 is 18.2 Å². The molecule has 2 aliphatic heterocycles. The molecule has 0 saturated carbocycles. The topological polar surface area (TPSA) is 129 Å². The average molecular weight is 604 g/mol. The highest BCUT2D eigenvalue weighted by Crippen LogP contribution is 2.38. The molecule has 0 spiro atoms. The standard InChI is InChI=1S/C35H29N3O7/c39-19-22-7-9-23(10-8-22)31-16-26(18-38-20-37-29-3-1-2-4-30(29)38)43-35(44-31)24-11-5-21(6-12-24)17-36-32(40)25-13-14-27-28(15-25)34(42)45-33(27)41/h1-15,20,26,31,35,39H,16-19H2,(H,36,40). The molecule has 5 aromatic rings. The minimum absolute atomic E-state index is 0.0242. The second-order valence-corrected chi connectivity index (χ2v) is 11.1. The number of cyclic esters (lactones) is 2. The first-order valence-electron chi connectivity index (χ1n) is 14.6. The highest BCUT2D eigenvalue weighted by molar-refractivity contribution is 6.15. The van der Waals surface area contributed by atoms with Crippen molar-refractivity contribution in [2.45, 2.75) is 44.6 Å². The predicted octanol–water partition coefficient (Wildman–Crippen LogP) is 5.01. The van der Waals surface area contributed by atoms with E-state index in [9.17, 15) is 19.5 Å². The third kappa shape index (κ3) is 5.86. The number of imidazole rings is 1. The largest absolute Gasteiger partial charge is 0.392 e. The minimum atomic E-state index is -0.752. The van der Waals surface area contributed by atoms with Gasteiger partial charge in [-0.25, -0.2) is 14.6 Å². The molecule has 226 valence electrons. The Morgan fingerprint density at radius 3 is 2.40 bits per heavy atom. The summed E-state index contributed by atoms with van der Waals surface area (Å²) in [4.78, 5) is 40.8. The summed E-state index contributed by atoms with van der Waals surface area (Å²) in [7, 11) is 0. The quantitative estimate of drug-likeness (QED) is 0.187. The number of aliphatic hydroxyl groups is 1. The van der Waals surface area contributed by atoms with Gasteiger partial charge < -0.3 is 29.2 Å². The summed E-state index contributed by atoms with van der Waals surface area (Å²) in [5.41, 5.74) is 6.00. The molecule has 2 N–H and O–H groups in total. The SMILES string of the molecule is O=C(NCc1ccc(C2OC(Cn3cnc4ccccc43)CC(c3ccc(CO)cc3)O2)cc1)c1ccc2c(c1)C(=O)OC2=O. The van der Waals surface area contributed by atoms with Crippen LogP contribution in [0.2, 0.25) is 0 Å². The first-order valence-corrected chi connectivity index (χ1v) is 14.6. The molecule has 10 nitrogen and oxygen atoms in total. The first kappa shape index (κ1) is 28.6. The Morgan fingerprint density at radius 2 is 1.60 bits per heavy atom. The number of ether oxygens (including phenoxy) is 3. The van der Waals surface area contributed by atoms with Gasteiger partial charge in [0.15, 0.2) is 6.29 Å². The van der Waals surface area contributed by atoms with Crippen molar-refractivity contribution < 1.29 is 33.7 Å². The van der Waals surface area contributed by atoms with Crippen LogP contribution in [0.4, 0.5) is 0 Å². The molecule has 7 rings (SSSR count). The lowest BCUT2D eigenvalue weighted by molar-refractivity contribution is -0.252. The number of aliphatic hydroxyl groups excluding tert-OH is 1. The number of amides is 1. The fourth-order valence-electron chi connectivity index (χ4n) is 5.71. The molecular weight excluding hydrogens is 574 g/mol. The van der Waals surface area contributed by atoms with Gasteiger partial charge in [0, 0.05) is 24.1 Å². The summed E-state index contributed by atoms with van der Waals surface area (Å²) >= 11 is 0. The van der Waals surface area contributed by atoms with Gasteiger partial charge in [0.2, 0.25) is 0 Å². The summed E-state index contributed by atoms with van der Waals surface area (Å²) in [6.07, 6.45) is 1.46. The highest BCUT2D eigenvalue weighted by atomic mass is 16.7. The molecule has 45 heavy (non-hydrogen) atoms. The summed E-state index contributed by atoms with van der Waals surface area (Å²) in [5.74, 6) is -1.84. The zero-order valence-corrected chi connectivity index (χ0v) is 24.1. The third-order valence-corrected chi connectivity index (χ3v) is 8.15. The van der Waals surface area contributed by atoms with Crippen molar-refractivity contribution in [3.05, 3.63) is 136 Å². The number of nitrogens with zero attached hydrogens (tertiary/aromatic N) is 2. The zero-order valence-electron chi connectivity index (χ0n) is 24.1. The van der Waals surface area contributed by atoms with Gasteiger partial charge in [0.05, 0.1) is 53.8 Å². The number of carbonyl (C=O) groups is 3. The van der Waals surface area contributed by atoms with Gasteiger partial charge >= 0.3 is 11.9 Å². The summed E-state index contributed by atoms with van der Waals surface area (Å²) < 4.78 is 19.7. The number of rotatable bonds is 8. The first-order chi connectivity index (χ1) is 21.9. The van der Waals surface area contributed by atoms with Gasteiger partial charge in [-0.05, 0) is 47.0 Å². The fraction of sp³-hybridized carbons (Fsp3) is 0.200. The van der Waals surface area contributed by atoms with Crippen molar-refractivity contribution in [3.63, 3.8) is 0 Å². The third-order valence-electron chi connectivity index (χ3n) is 8.15. The number of benzene rings is 4. The van der Waals surface area contributed by atoms with Crippen LogP contribution in [0, 0.1) is 0 Å². The predicted molar refractivity (Wildman–Crippen MR) is 162 cm³/mol. The van der Waals surface area contributed by atoms with E-state index in [1.165, 1.54) is 18.2 Å². The van der Waals surface area contributed by atoms with Crippen LogP contribution >= 0.6 is 0 Å². The Bertz CT molecular complexity index is 1900. The molecule has 0 radical (unpaired) electrons. The molecule has 3 heterocycles. The number of hydrogen-bond donors (Lipinski definition) is 2. The van der Waals surface area contributed by atoms with Gasteiger partial charge in [-0.2, -0.15) is 0 Å². The van der Waals surface area contributed by atoms with Gasteiger partial charge in [-0.1, -0.05) is 60.7 Å². The molecular formula is C35H29N3O7. The van der Waals surface area contributed by atoms with E-state index in [1.807, 2.05) is 79.1 Å². The number of esters is 2. The fourth-order valence-corrected chi connectivity index (χ4v) is 5.71. The molecule has 2 aliphatic rings. The Balaban J connectivity index is 1.06. The summed E-state index contributed by atoms with van der Waals surface area (Å²) in [5, 5.41) is 12.3. The molecule has 0 aliphatic carbocycles. The van der Waals surface area contributed by atoms with Crippen molar-refractivity contribution in [2.75, 3.05) is 0 Å². The number of carbonyl (C=O) groups excluding carboxylic acids is 3. The van der Waals surface area contributed by atoms with Crippen LogP contribution < -0.4 is 5.32 Å². The molecule has 10 heteroatoms. The van der Waals surface area contributed by atoms with Crippen LogP contribution in [0.3, 0.4) is 0 Å². The molecule has 1 amide bonds. The molecule has 3 atom stereocenters. The molecule has 0 bridgehead atoms. The maximum absolute atomic E-state index is 12.8. The Labute approximate surface area is 258 Å². The van der Waals surface area contributed by atoms with E-state index in [-0.39, 0.29) is 48.0 Å². The normalized spacial score (nSPS) is 19.4. The van der Waals surface area contributed by atoms with Crippen LogP contribution in [0.1, 0.15) is 72.1 Å². The Morgan fingerprint density at radius 1 is 0.867 bits per heavy atom. The number of para-hydroxylation sites is 2. The van der Waals surface area contributed by atoms with Crippen LogP contribution in [-0.2, 0) is 33.9 Å². The maximum atomic E-state index is 12.8. The molecule has 1 fully saturated rings. The second-order valence-electron chi connectivity index (χ2n) is 11.1. The minimum Gasteiger partial charge on any atom is -0.392 e. The van der Waals surface area contributed by atoms with Crippen LogP contribution in [0.25, 0.3) is 11.0 Å². The summed E-state index contributed by atoms with van der Waals surface area (Å²) in [6, 6.07) is 27.7. The monoisotopic (exact) mass is 603 g/mol. The van der Waals surface area contributed by atoms with Crippen LogP contribution in [0.15, 0.2) is 97.3 Å². The second kappa shape index (κ2) is 12.1. The number of nitrogens with one attached hydrogen (secondary N) is 1. The van der Waals surface area contributed by atoms with Crippen LogP contribution in [-0.4, -0.2) is 38.6 Å². The smallest absolute Gasteiger partial charge is 0.346 e. The van der Waals surface area contributed by atoms with Crippen molar-refractivity contribution in [2.24, 2.45) is 0 Å². The molecule has 1 saturated heterocycles. The van der Waals surface area contributed by atoms with Gasteiger partial charge in [0.1, 0.15) is 0 Å². The summed E-state index contributed by atoms with van der Waals surface area (Å²) in [6.45, 7) is 0.829. The van der Waals surface area contributed by atoms with Gasteiger partial charge in [0.25, 0.3) is 5.91 Å². The van der Waals surface area contributed by atoms with Crippen molar-refractivity contribution in [1.29, 1.82) is 0 Å². The molecule has 1 aromatic heterocycles. The van der Waals surface area contributed by atoms with E-state index in [1.54, 1.807) is 0 Å². The maximum Gasteiger partial charge on any atom is 0.346 e. The van der Waals surface area contributed by atoms with E-state index in [0.29, 0.717) is 13.0 Å². The van der Waals surface area contributed by atoms with Crippen LogP contribution in [0.5, 0.6) is 0 Å². The van der Waals surface area contributed by atoms with Gasteiger partial charge in [-0.3, -0.25) is 4.79 Å². The highest BCUT2D eigenvalue weighted by Gasteiger charge is 2.33. The van der Waals surface area contributed by atoms with E-state index in [0.717, 1.165) is 33.3 Å². The van der Waals surface area contributed by atoms with Crippen molar-refractivity contribution >= 4 is 28.9 Å². The number of aromatic nitrogens is 2. The lowest BCUT2D eigenvalue weighted by Crippen LogP contribution is -2.32. The average Bonchev–Trinajstić information content (AvgIpc) is 3.62. The van der Waals surface area contributed by atoms with Crippen molar-refractivity contribution in [3.8, 4) is 0 Å². The zero-order chi connectivity index (χ0) is 30.9. The van der Waals surface area contributed by atoms with Crippen molar-refractivity contribution in [1.82, 2.24) is 14.9 Å².